The molecule has 0 saturated carbocycles. The number of carbonyl (C=O) groups is 6. The van der Waals surface area contributed by atoms with Gasteiger partial charge in [-0.2, -0.15) is 0 Å². The van der Waals surface area contributed by atoms with Crippen molar-refractivity contribution in [1.82, 2.24) is 5.32 Å². The van der Waals surface area contributed by atoms with E-state index < -0.39 is 18.2 Å². The molecule has 10 nitrogen and oxygen atoms in total. The monoisotopic (exact) mass is 685 g/mol. The fourth-order valence-corrected chi connectivity index (χ4v) is 3.29. The molecule has 0 spiro atoms. The summed E-state index contributed by atoms with van der Waals surface area (Å²) in [6, 6.07) is 6.44. The second-order valence-corrected chi connectivity index (χ2v) is 8.80. The van der Waals surface area contributed by atoms with Crippen molar-refractivity contribution in [2.45, 2.75) is 71.6 Å². The molecule has 1 aromatic carbocycles. The van der Waals surface area contributed by atoms with Gasteiger partial charge < -0.3 is 35.1 Å². The second kappa shape index (κ2) is 25.9. The number of amides is 3. The first-order chi connectivity index (χ1) is 17.7. The predicted octanol–water partition coefficient (Wildman–Crippen LogP) is -2.33. The number of unbranched alkanes of at least 4 members (excludes halogenated alkanes) is 2. The first-order valence-corrected chi connectivity index (χ1v) is 12.5. The minimum atomic E-state index is -0.625. The number of carbonyl (C=O) groups excluding carboxylic acids is 6. The summed E-state index contributed by atoms with van der Waals surface area (Å²) in [6.45, 7) is 4.21. The van der Waals surface area contributed by atoms with E-state index in [-0.39, 0.29) is 166 Å². The van der Waals surface area contributed by atoms with Gasteiger partial charge in [-0.25, -0.2) is 0 Å². The third kappa shape index (κ3) is 24.5. The van der Waals surface area contributed by atoms with Gasteiger partial charge in [0.1, 0.15) is 17.3 Å². The van der Waals surface area contributed by atoms with E-state index in [2.05, 4.69) is 16.0 Å². The Labute approximate surface area is 328 Å². The van der Waals surface area contributed by atoms with Crippen LogP contribution in [-0.4, -0.2) is 61.4 Å². The molecule has 1 N–H and O–H groups in total. The second-order valence-electron chi connectivity index (χ2n) is 8.80. The van der Waals surface area contributed by atoms with Gasteiger partial charge in [0.05, 0.1) is 18.2 Å². The Morgan fingerprint density at radius 2 is 1.46 bits per heavy atom. The Hall–Kier alpha value is 0.210. The standard InChI is InChI=1S/C27H39N3O7.2Rb/c1-20(31)7-4-3-5-13-28-25(34)8-6-15-37-16-14-29-26(35)19-27(36)30-23-11-9-22(10-12-23)18-24(33)17-21(2)32;;/h9-12H,3-8,13-19H2,1-2H3,(H3,28,29,30,34,35,36);;/q;2*+1/p-2. The quantitative estimate of drug-likeness (QED) is 0.119. The van der Waals surface area contributed by atoms with Gasteiger partial charge in [0.2, 0.25) is 5.91 Å². The molecule has 0 aliphatic rings. The van der Waals surface area contributed by atoms with E-state index in [4.69, 9.17) is 4.74 Å². The summed E-state index contributed by atoms with van der Waals surface area (Å²) in [4.78, 5) is 69.1. The first kappa shape index (κ1) is 41.3. The molecule has 0 unspecified atom stereocenters. The zero-order chi connectivity index (χ0) is 27.5. The predicted molar refractivity (Wildman–Crippen MR) is 139 cm³/mol. The molecular weight excluding hydrogens is 649 g/mol. The average Bonchev–Trinajstić information content (AvgIpc) is 2.81. The van der Waals surface area contributed by atoms with Gasteiger partial charge in [-0.1, -0.05) is 30.7 Å². The molecule has 204 valence electrons. The maximum atomic E-state index is 12.0. The van der Waals surface area contributed by atoms with Gasteiger partial charge >= 0.3 is 116 Å². The van der Waals surface area contributed by atoms with Crippen molar-refractivity contribution in [3.63, 3.8) is 0 Å². The van der Waals surface area contributed by atoms with Crippen molar-refractivity contribution in [3.05, 3.63) is 40.5 Å². The molecule has 1 aromatic rings. The Kier molecular flexibility index (Phi) is 27.4. The number of rotatable bonds is 20. The van der Waals surface area contributed by atoms with E-state index in [0.717, 1.165) is 19.3 Å². The number of nitrogens with zero attached hydrogens (tertiary/aromatic N) is 2. The minimum absolute atomic E-state index is 0. The van der Waals surface area contributed by atoms with Crippen LogP contribution in [0.3, 0.4) is 0 Å². The number of hydrogen-bond acceptors (Lipinski definition) is 7. The van der Waals surface area contributed by atoms with Crippen LogP contribution in [0.4, 0.5) is 5.69 Å². The number of hydrogen-bond donors (Lipinski definition) is 1. The molecule has 39 heavy (non-hydrogen) atoms. The van der Waals surface area contributed by atoms with Crippen molar-refractivity contribution in [3.8, 4) is 0 Å². The van der Waals surface area contributed by atoms with Crippen LogP contribution >= 0.6 is 0 Å². The zero-order valence-corrected chi connectivity index (χ0v) is 33.6. The zero-order valence-electron chi connectivity index (χ0n) is 23.8. The first-order valence-electron chi connectivity index (χ1n) is 12.5. The Morgan fingerprint density at radius 1 is 0.769 bits per heavy atom. The van der Waals surface area contributed by atoms with Gasteiger partial charge in [-0.3, -0.25) is 14.4 Å². The molecule has 0 bridgehead atoms. The molecule has 0 atom stereocenters. The van der Waals surface area contributed by atoms with E-state index in [1.165, 1.54) is 6.92 Å². The van der Waals surface area contributed by atoms with E-state index in [1.54, 1.807) is 31.2 Å². The number of ether oxygens (including phenoxy) is 1. The molecule has 0 fully saturated rings. The average molecular weight is 687 g/mol. The summed E-state index contributed by atoms with van der Waals surface area (Å²) < 4.78 is 5.37. The summed E-state index contributed by atoms with van der Waals surface area (Å²) >= 11 is 0. The van der Waals surface area contributed by atoms with Crippen LogP contribution < -0.4 is 122 Å². The molecule has 3 amide bonds. The summed E-state index contributed by atoms with van der Waals surface area (Å²) in [6.07, 6.45) is 3.64. The van der Waals surface area contributed by atoms with Gasteiger partial charge in [-0.15, -0.1) is 12.2 Å². The summed E-state index contributed by atoms with van der Waals surface area (Å²) in [5, 5.41) is 10.5. The molecule has 0 aliphatic heterocycles. The maximum absolute atomic E-state index is 12.0. The van der Waals surface area contributed by atoms with Gasteiger partial charge in [0.25, 0.3) is 0 Å². The largest absolute Gasteiger partial charge is 1.00 e. The van der Waals surface area contributed by atoms with Crippen molar-refractivity contribution in [2.24, 2.45) is 0 Å². The van der Waals surface area contributed by atoms with Gasteiger partial charge in [-0.05, 0) is 38.7 Å². The van der Waals surface area contributed by atoms with Gasteiger partial charge in [0, 0.05) is 45.4 Å². The van der Waals surface area contributed by atoms with E-state index in [0.29, 0.717) is 43.7 Å². The summed E-state index contributed by atoms with van der Waals surface area (Å²) in [5.74, 6) is -1.45. The van der Waals surface area contributed by atoms with Crippen LogP contribution in [0, 0.1) is 0 Å². The topological polar surface area (TPSA) is 152 Å². The molecule has 0 heterocycles. The number of Topliss-reactive ketones (excluding diaryl/α,β-unsaturated/α-hetero) is 3. The fraction of sp³-hybridized carbons (Fsp3) is 0.556. The molecule has 12 heteroatoms. The molecule has 0 saturated heterocycles. The molecular formula is C27H37N3O7Rb2. The SMILES string of the molecule is CC(=O)CCCCCNC(=O)CCCOCC[N-]C(=O)CC(=O)[N-]c1ccc(CC(=O)CC(C)=O)cc1.[Rb+].[Rb+]. The minimum Gasteiger partial charge on any atom is -0.651 e. The molecule has 0 aliphatic carbocycles. The van der Waals surface area contributed by atoms with Crippen molar-refractivity contribution in [1.29, 1.82) is 0 Å². The normalized spacial score (nSPS) is 9.90. The Morgan fingerprint density at radius 3 is 2.10 bits per heavy atom. The fourth-order valence-electron chi connectivity index (χ4n) is 3.29. The van der Waals surface area contributed by atoms with E-state index >= 15 is 0 Å². The summed E-state index contributed by atoms with van der Waals surface area (Å²) in [5.41, 5.74) is 1.07. The summed E-state index contributed by atoms with van der Waals surface area (Å²) in [7, 11) is 0. The Bertz CT molecular complexity index is 924. The number of nitrogens with one attached hydrogen (secondary N) is 1. The van der Waals surface area contributed by atoms with Crippen molar-refractivity contribution < 1.29 is 150 Å². The van der Waals surface area contributed by atoms with Gasteiger partial charge in [0.15, 0.2) is 0 Å². The van der Waals surface area contributed by atoms with Crippen LogP contribution in [-0.2, 0) is 39.9 Å². The number of ketones is 3. The van der Waals surface area contributed by atoms with Crippen molar-refractivity contribution >= 4 is 40.8 Å². The van der Waals surface area contributed by atoms with E-state index in [1.807, 2.05) is 0 Å². The van der Waals surface area contributed by atoms with Crippen LogP contribution in [0.1, 0.15) is 70.8 Å². The van der Waals surface area contributed by atoms with Crippen molar-refractivity contribution in [2.75, 3.05) is 26.3 Å². The van der Waals surface area contributed by atoms with Crippen LogP contribution in [0.25, 0.3) is 10.6 Å². The van der Waals surface area contributed by atoms with Crippen LogP contribution in [0.5, 0.6) is 0 Å². The van der Waals surface area contributed by atoms with Crippen LogP contribution in [0.15, 0.2) is 24.3 Å². The smallest absolute Gasteiger partial charge is 0.651 e. The molecule has 0 radical (unpaired) electrons. The third-order valence-corrected chi connectivity index (χ3v) is 5.08. The maximum Gasteiger partial charge on any atom is 1.00 e. The van der Waals surface area contributed by atoms with E-state index in [9.17, 15) is 28.8 Å². The number of benzene rings is 1. The van der Waals surface area contributed by atoms with Crippen LogP contribution in [0.2, 0.25) is 0 Å². The third-order valence-electron chi connectivity index (χ3n) is 5.08. The Balaban J connectivity index is 0. The molecule has 0 aromatic heterocycles. The molecule has 1 rings (SSSR count).